The fourth-order valence-electron chi connectivity index (χ4n) is 3.25. The Hall–Kier alpha value is -4.04. The van der Waals surface area contributed by atoms with E-state index in [1.54, 1.807) is 12.1 Å². The maximum absolute atomic E-state index is 12.2. The van der Waals surface area contributed by atoms with E-state index in [0.29, 0.717) is 11.4 Å². The van der Waals surface area contributed by atoms with Crippen molar-refractivity contribution < 1.29 is 31.0 Å². The van der Waals surface area contributed by atoms with Gasteiger partial charge in [-0.3, -0.25) is 9.11 Å². The lowest BCUT2D eigenvalue weighted by molar-refractivity contribution is 0.447. The van der Waals surface area contributed by atoms with Crippen molar-refractivity contribution in [1.82, 2.24) is 0 Å². The summed E-state index contributed by atoms with van der Waals surface area (Å²) in [6.45, 7) is 0. The second-order valence-electron chi connectivity index (χ2n) is 7.10. The molecule has 0 aliphatic rings. The summed E-state index contributed by atoms with van der Waals surface area (Å²) in [5.41, 5.74) is 0.314. The second-order valence-corrected chi connectivity index (χ2v) is 9.82. The van der Waals surface area contributed by atoms with Crippen LogP contribution in [0.25, 0.3) is 10.8 Å². The molecule has 4 aromatic rings. The quantitative estimate of drug-likeness (QED) is 0.213. The van der Waals surface area contributed by atoms with Crippen LogP contribution in [0.5, 0.6) is 5.75 Å². The molecule has 0 aliphatic heterocycles. The van der Waals surface area contributed by atoms with Gasteiger partial charge in [0.05, 0.1) is 17.1 Å². The van der Waals surface area contributed by atoms with Crippen molar-refractivity contribution in [2.45, 2.75) is 9.79 Å². The van der Waals surface area contributed by atoms with E-state index in [1.165, 1.54) is 48.5 Å². The zero-order chi connectivity index (χ0) is 25.2. The third-order valence-corrected chi connectivity index (χ3v) is 6.57. The number of benzene rings is 4. The zero-order valence-corrected chi connectivity index (χ0v) is 19.2. The van der Waals surface area contributed by atoms with E-state index < -0.39 is 41.5 Å². The summed E-state index contributed by atoms with van der Waals surface area (Å²) in [6.07, 6.45) is 0. The molecule has 0 bridgehead atoms. The summed E-state index contributed by atoms with van der Waals surface area (Å²) >= 11 is 0. The Kier molecular flexibility index (Phi) is 6.41. The first-order valence-electron chi connectivity index (χ1n) is 9.77. The van der Waals surface area contributed by atoms with Crippen LogP contribution in [0.3, 0.4) is 0 Å². The summed E-state index contributed by atoms with van der Waals surface area (Å²) in [7, 11) is -10.3. The summed E-state index contributed by atoms with van der Waals surface area (Å²) in [4.78, 5) is -2.14. The van der Waals surface area contributed by atoms with Crippen LogP contribution in [-0.2, 0) is 20.2 Å². The lowest BCUT2D eigenvalue weighted by atomic mass is 10.1. The Balaban J connectivity index is 1.81. The standard InChI is InChI=1S/C22H16N4O7S2/c27-20-17-8-4-5-9-18(17)21(34(28,29)30)19(22(20)35(31,32)33)26-25-16-12-10-15(11-13-16)24-23-14-6-2-1-3-7-14/h1-13,27H,(H,28,29,30)(H,31,32,33). The molecule has 0 aromatic heterocycles. The van der Waals surface area contributed by atoms with Crippen LogP contribution >= 0.6 is 0 Å². The van der Waals surface area contributed by atoms with Gasteiger partial charge < -0.3 is 5.11 Å². The molecule has 0 saturated heterocycles. The maximum Gasteiger partial charge on any atom is 0.300 e. The number of hydrogen-bond acceptors (Lipinski definition) is 9. The molecule has 35 heavy (non-hydrogen) atoms. The molecule has 178 valence electrons. The Morgan fingerprint density at radius 2 is 0.943 bits per heavy atom. The Morgan fingerprint density at radius 1 is 0.514 bits per heavy atom. The van der Waals surface area contributed by atoms with Crippen LogP contribution in [0, 0.1) is 0 Å². The van der Waals surface area contributed by atoms with Crippen LogP contribution in [0.15, 0.2) is 109 Å². The van der Waals surface area contributed by atoms with Crippen molar-refractivity contribution >= 4 is 53.8 Å². The van der Waals surface area contributed by atoms with E-state index in [9.17, 15) is 31.0 Å². The van der Waals surface area contributed by atoms with Gasteiger partial charge in [0.25, 0.3) is 10.1 Å². The van der Waals surface area contributed by atoms with Crippen molar-refractivity contribution in [3.05, 3.63) is 78.9 Å². The van der Waals surface area contributed by atoms with Gasteiger partial charge >= 0.3 is 10.1 Å². The highest BCUT2D eigenvalue weighted by atomic mass is 32.2. The van der Waals surface area contributed by atoms with Gasteiger partial charge in [-0.25, -0.2) is 0 Å². The Bertz CT molecular complexity index is 1690. The number of aromatic hydroxyl groups is 1. The molecule has 0 amide bonds. The molecule has 0 unspecified atom stereocenters. The highest BCUT2D eigenvalue weighted by Crippen LogP contribution is 2.45. The number of fused-ring (bicyclic) bond motifs is 1. The predicted molar refractivity (Wildman–Crippen MR) is 126 cm³/mol. The number of rotatable bonds is 6. The molecule has 4 rings (SSSR count). The fourth-order valence-corrected chi connectivity index (χ4v) is 4.90. The first-order chi connectivity index (χ1) is 16.6. The summed E-state index contributed by atoms with van der Waals surface area (Å²) < 4.78 is 67.9. The van der Waals surface area contributed by atoms with Crippen LogP contribution in [0.4, 0.5) is 22.7 Å². The molecule has 0 saturated carbocycles. The molecular formula is C22H16N4O7S2. The fraction of sp³-hybridized carbons (Fsp3) is 0. The molecule has 0 aliphatic carbocycles. The molecule has 13 heteroatoms. The smallest absolute Gasteiger partial charge is 0.300 e. The van der Waals surface area contributed by atoms with Crippen LogP contribution in [-0.4, -0.2) is 31.0 Å². The molecule has 0 radical (unpaired) electrons. The largest absolute Gasteiger partial charge is 0.506 e. The Morgan fingerprint density at radius 3 is 1.46 bits per heavy atom. The van der Waals surface area contributed by atoms with Gasteiger partial charge in [0.1, 0.15) is 16.3 Å². The first kappa shape index (κ1) is 24.1. The zero-order valence-electron chi connectivity index (χ0n) is 17.6. The average molecular weight is 513 g/mol. The van der Waals surface area contributed by atoms with E-state index in [0.717, 1.165) is 0 Å². The van der Waals surface area contributed by atoms with E-state index in [2.05, 4.69) is 20.5 Å². The Labute approximate surface area is 199 Å². The molecule has 3 N–H and O–H groups in total. The maximum atomic E-state index is 12.2. The van der Waals surface area contributed by atoms with Crippen LogP contribution in [0.1, 0.15) is 0 Å². The minimum absolute atomic E-state index is 0.152. The van der Waals surface area contributed by atoms with Crippen LogP contribution < -0.4 is 0 Å². The van der Waals surface area contributed by atoms with Gasteiger partial charge in [-0.1, -0.05) is 42.5 Å². The third-order valence-electron chi connectivity index (χ3n) is 4.74. The summed E-state index contributed by atoms with van der Waals surface area (Å²) in [5.74, 6) is -0.943. The molecule has 11 nitrogen and oxygen atoms in total. The molecule has 0 spiro atoms. The predicted octanol–water partition coefficient (Wildman–Crippen LogP) is 5.87. The second kappa shape index (κ2) is 9.31. The van der Waals surface area contributed by atoms with Crippen LogP contribution in [0.2, 0.25) is 0 Å². The van der Waals surface area contributed by atoms with Crippen molar-refractivity contribution in [1.29, 1.82) is 0 Å². The normalized spacial score (nSPS) is 12.6. The van der Waals surface area contributed by atoms with Crippen molar-refractivity contribution in [2.75, 3.05) is 0 Å². The monoisotopic (exact) mass is 512 g/mol. The summed E-state index contributed by atoms with van der Waals surface area (Å²) in [5, 5.41) is 25.7. The van der Waals surface area contributed by atoms with Crippen molar-refractivity contribution in [3.8, 4) is 5.75 Å². The number of azo groups is 2. The highest BCUT2D eigenvalue weighted by Gasteiger charge is 2.32. The van der Waals surface area contributed by atoms with Gasteiger partial charge in [-0.05, 0) is 36.4 Å². The first-order valence-corrected chi connectivity index (χ1v) is 12.6. The van der Waals surface area contributed by atoms with Gasteiger partial charge in [0, 0.05) is 10.8 Å². The summed E-state index contributed by atoms with van der Waals surface area (Å²) in [6, 6.07) is 20.2. The van der Waals surface area contributed by atoms with E-state index in [-0.39, 0.29) is 16.5 Å². The lowest BCUT2D eigenvalue weighted by Gasteiger charge is -2.13. The van der Waals surface area contributed by atoms with Gasteiger partial charge in [-0.15, -0.1) is 5.11 Å². The average Bonchev–Trinajstić information content (AvgIpc) is 2.81. The van der Waals surface area contributed by atoms with Crippen molar-refractivity contribution in [3.63, 3.8) is 0 Å². The third kappa shape index (κ3) is 5.22. The lowest BCUT2D eigenvalue weighted by Crippen LogP contribution is -2.06. The minimum atomic E-state index is -5.19. The van der Waals surface area contributed by atoms with E-state index in [1.807, 2.05) is 18.2 Å². The van der Waals surface area contributed by atoms with E-state index in [4.69, 9.17) is 0 Å². The van der Waals surface area contributed by atoms with Crippen molar-refractivity contribution in [2.24, 2.45) is 20.5 Å². The van der Waals surface area contributed by atoms with Gasteiger partial charge in [0.15, 0.2) is 4.90 Å². The molecule has 0 fully saturated rings. The number of hydrogen-bond donors (Lipinski definition) is 3. The molecule has 0 atom stereocenters. The number of phenolic OH excluding ortho intramolecular Hbond substituents is 1. The van der Waals surface area contributed by atoms with Gasteiger partial charge in [0.2, 0.25) is 0 Å². The SMILES string of the molecule is O=S(=O)(O)c1c(N=Nc2ccc(N=Nc3ccccc3)cc2)c(S(=O)(=O)O)c2ccccc2c1O. The number of nitrogens with zero attached hydrogens (tertiary/aromatic N) is 4. The molecule has 0 heterocycles. The molecular weight excluding hydrogens is 496 g/mol. The minimum Gasteiger partial charge on any atom is -0.506 e. The topological polar surface area (TPSA) is 178 Å². The highest BCUT2D eigenvalue weighted by molar-refractivity contribution is 7.87. The number of phenols is 1. The molecule has 4 aromatic carbocycles. The van der Waals surface area contributed by atoms with Gasteiger partial charge in [-0.2, -0.15) is 32.2 Å². The van der Waals surface area contributed by atoms with E-state index >= 15 is 0 Å².